The van der Waals surface area contributed by atoms with Gasteiger partial charge in [0.05, 0.1) is 9.40 Å². The summed E-state index contributed by atoms with van der Waals surface area (Å²) in [6.45, 7) is 2.81. The van der Waals surface area contributed by atoms with E-state index in [2.05, 4.69) is 33.2 Å². The van der Waals surface area contributed by atoms with Crippen LogP contribution >= 0.6 is 15.9 Å². The molecule has 21 heavy (non-hydrogen) atoms. The normalized spacial score (nSPS) is 16.9. The highest BCUT2D eigenvalue weighted by atomic mass is 79.9. The van der Waals surface area contributed by atoms with E-state index in [9.17, 15) is 14.5 Å². The van der Waals surface area contributed by atoms with Crippen LogP contribution < -0.4 is 5.32 Å². The minimum atomic E-state index is -0.498. The lowest BCUT2D eigenvalue weighted by Crippen LogP contribution is -2.30. The van der Waals surface area contributed by atoms with Gasteiger partial charge in [-0.2, -0.15) is 0 Å². The predicted octanol–water partition coefficient (Wildman–Crippen LogP) is 3.64. The van der Waals surface area contributed by atoms with Gasteiger partial charge in [0.2, 0.25) is 0 Å². The maximum Gasteiger partial charge on any atom is 0.293 e. The quantitative estimate of drug-likeness (QED) is 0.643. The number of hydrogen-bond acceptors (Lipinski definition) is 4. The van der Waals surface area contributed by atoms with Crippen molar-refractivity contribution in [3.05, 3.63) is 32.5 Å². The van der Waals surface area contributed by atoms with Crippen LogP contribution in [0.15, 0.2) is 16.6 Å². The number of hydrogen-bond donors (Lipinski definition) is 1. The average Bonchev–Trinajstić information content (AvgIpc) is 2.44. The second-order valence-electron chi connectivity index (χ2n) is 5.50. The van der Waals surface area contributed by atoms with Crippen molar-refractivity contribution >= 4 is 27.3 Å². The molecule has 0 spiro atoms. The number of anilines is 1. The van der Waals surface area contributed by atoms with Gasteiger partial charge in [0.15, 0.2) is 0 Å². The van der Waals surface area contributed by atoms with Gasteiger partial charge in [-0.1, -0.05) is 0 Å². The first-order chi connectivity index (χ1) is 9.97. The van der Waals surface area contributed by atoms with E-state index in [0.29, 0.717) is 12.5 Å². The largest absolute Gasteiger partial charge is 0.379 e. The van der Waals surface area contributed by atoms with E-state index < -0.39 is 10.7 Å². The number of nitro benzene ring substituents is 1. The predicted molar refractivity (Wildman–Crippen MR) is 84.1 cm³/mol. The highest BCUT2D eigenvalue weighted by molar-refractivity contribution is 9.10. The van der Waals surface area contributed by atoms with Crippen LogP contribution in [0.1, 0.15) is 19.3 Å². The molecule has 1 N–H and O–H groups in total. The molecule has 1 heterocycles. The van der Waals surface area contributed by atoms with Crippen molar-refractivity contribution in [1.29, 1.82) is 0 Å². The Balaban J connectivity index is 1.93. The van der Waals surface area contributed by atoms with Crippen molar-refractivity contribution < 1.29 is 9.31 Å². The van der Waals surface area contributed by atoms with Crippen LogP contribution in [0.3, 0.4) is 0 Å². The Labute approximate surface area is 131 Å². The zero-order valence-electron chi connectivity index (χ0n) is 11.9. The number of likely N-dealkylation sites (tertiary alicyclic amines) is 1. The molecule has 2 rings (SSSR count). The molecule has 1 fully saturated rings. The molecule has 5 nitrogen and oxygen atoms in total. The fraction of sp³-hybridized carbons (Fsp3) is 0.571. The van der Waals surface area contributed by atoms with Gasteiger partial charge in [-0.25, -0.2) is 4.39 Å². The molecule has 1 aliphatic rings. The number of nitrogens with one attached hydrogen (secondary N) is 1. The monoisotopic (exact) mass is 359 g/mol. The van der Waals surface area contributed by atoms with Gasteiger partial charge in [-0.05, 0) is 61.2 Å². The minimum absolute atomic E-state index is 0.105. The molecular formula is C14H19BrFN3O2. The van der Waals surface area contributed by atoms with Crippen LogP contribution in [0.25, 0.3) is 0 Å². The molecule has 7 heteroatoms. The minimum Gasteiger partial charge on any atom is -0.379 e. The first kappa shape index (κ1) is 16.2. The molecular weight excluding hydrogens is 341 g/mol. The molecule has 0 aromatic heterocycles. The molecule has 1 aliphatic heterocycles. The molecule has 1 aromatic rings. The molecule has 0 amide bonds. The Morgan fingerprint density at radius 2 is 2.14 bits per heavy atom. The van der Waals surface area contributed by atoms with E-state index in [1.54, 1.807) is 0 Å². The Morgan fingerprint density at radius 1 is 1.48 bits per heavy atom. The molecule has 1 aromatic carbocycles. The van der Waals surface area contributed by atoms with E-state index in [0.717, 1.165) is 32.4 Å². The molecule has 0 atom stereocenters. The van der Waals surface area contributed by atoms with Crippen molar-refractivity contribution in [3.63, 3.8) is 0 Å². The topological polar surface area (TPSA) is 58.4 Å². The Morgan fingerprint density at radius 3 is 2.76 bits per heavy atom. The van der Waals surface area contributed by atoms with Crippen molar-refractivity contribution in [2.24, 2.45) is 5.92 Å². The average molecular weight is 360 g/mol. The molecule has 0 bridgehead atoms. The van der Waals surface area contributed by atoms with Gasteiger partial charge in [-0.15, -0.1) is 0 Å². The highest BCUT2D eigenvalue weighted by Gasteiger charge is 2.19. The molecule has 116 valence electrons. The van der Waals surface area contributed by atoms with Crippen molar-refractivity contribution in [2.75, 3.05) is 32.0 Å². The summed E-state index contributed by atoms with van der Waals surface area (Å²) >= 11 is 2.97. The van der Waals surface area contributed by atoms with Crippen molar-refractivity contribution in [3.8, 4) is 0 Å². The number of halogens is 2. The van der Waals surface area contributed by atoms with E-state index in [1.807, 2.05) is 0 Å². The van der Waals surface area contributed by atoms with Gasteiger partial charge < -0.3 is 10.2 Å². The summed E-state index contributed by atoms with van der Waals surface area (Å²) in [6.07, 6.45) is 3.24. The summed E-state index contributed by atoms with van der Waals surface area (Å²) < 4.78 is 13.6. The molecule has 1 saturated heterocycles. The smallest absolute Gasteiger partial charge is 0.293 e. The fourth-order valence-electron chi connectivity index (χ4n) is 2.59. The lowest BCUT2D eigenvalue weighted by molar-refractivity contribution is -0.384. The first-order valence-corrected chi connectivity index (χ1v) is 7.82. The number of benzene rings is 1. The van der Waals surface area contributed by atoms with E-state index in [1.165, 1.54) is 12.1 Å². The van der Waals surface area contributed by atoms with Gasteiger partial charge in [0.1, 0.15) is 11.5 Å². The highest BCUT2D eigenvalue weighted by Crippen LogP contribution is 2.31. The summed E-state index contributed by atoms with van der Waals surface area (Å²) in [4.78, 5) is 12.8. The van der Waals surface area contributed by atoms with Gasteiger partial charge in [-0.3, -0.25) is 10.1 Å². The standard InChI is InChI=1S/C14H19BrFN3O2/c1-18-6-3-10(4-7-18)2-5-17-13-9-12(16)11(15)8-14(13)19(20)21/h8-10,17H,2-7H2,1H3. The van der Waals surface area contributed by atoms with Crippen molar-refractivity contribution in [2.45, 2.75) is 19.3 Å². The van der Waals surface area contributed by atoms with E-state index in [-0.39, 0.29) is 15.8 Å². The van der Waals surface area contributed by atoms with E-state index in [4.69, 9.17) is 0 Å². The summed E-state index contributed by atoms with van der Waals surface area (Å²) in [7, 11) is 2.11. The number of nitrogens with zero attached hydrogens (tertiary/aromatic N) is 2. The molecule has 0 radical (unpaired) electrons. The van der Waals surface area contributed by atoms with Crippen LogP contribution in [0.4, 0.5) is 15.8 Å². The van der Waals surface area contributed by atoms with Crippen LogP contribution in [-0.2, 0) is 0 Å². The lowest BCUT2D eigenvalue weighted by atomic mass is 9.94. The van der Waals surface area contributed by atoms with E-state index >= 15 is 0 Å². The third kappa shape index (κ3) is 4.38. The number of rotatable bonds is 5. The summed E-state index contributed by atoms with van der Waals surface area (Å²) in [5.41, 5.74) is 0.139. The van der Waals surface area contributed by atoms with Gasteiger partial charge in [0, 0.05) is 18.7 Å². The summed E-state index contributed by atoms with van der Waals surface area (Å²) in [6, 6.07) is 2.38. The summed E-state index contributed by atoms with van der Waals surface area (Å²) in [5.74, 6) is 0.135. The second kappa shape index (κ2) is 7.17. The Hall–Kier alpha value is -1.21. The maximum absolute atomic E-state index is 13.5. The first-order valence-electron chi connectivity index (χ1n) is 7.03. The van der Waals surface area contributed by atoms with Crippen LogP contribution in [0.5, 0.6) is 0 Å². The van der Waals surface area contributed by atoms with Crippen LogP contribution in [0.2, 0.25) is 0 Å². The maximum atomic E-state index is 13.5. The Kier molecular flexibility index (Phi) is 5.52. The fourth-order valence-corrected chi connectivity index (χ4v) is 2.92. The zero-order chi connectivity index (χ0) is 15.4. The third-order valence-electron chi connectivity index (χ3n) is 3.94. The Bertz CT molecular complexity index is 519. The molecule has 0 unspecified atom stereocenters. The van der Waals surface area contributed by atoms with Crippen molar-refractivity contribution in [1.82, 2.24) is 4.90 Å². The lowest BCUT2D eigenvalue weighted by Gasteiger charge is -2.28. The third-order valence-corrected chi connectivity index (χ3v) is 4.55. The number of nitro groups is 1. The zero-order valence-corrected chi connectivity index (χ0v) is 13.5. The van der Waals surface area contributed by atoms with Crippen LogP contribution in [0, 0.1) is 21.8 Å². The number of piperidine rings is 1. The second-order valence-corrected chi connectivity index (χ2v) is 6.36. The molecule has 0 aliphatic carbocycles. The van der Waals surface area contributed by atoms with Gasteiger partial charge >= 0.3 is 0 Å². The van der Waals surface area contributed by atoms with Crippen LogP contribution in [-0.4, -0.2) is 36.5 Å². The van der Waals surface area contributed by atoms with Gasteiger partial charge in [0.25, 0.3) is 5.69 Å². The summed E-state index contributed by atoms with van der Waals surface area (Å²) in [5, 5.41) is 14.0. The molecule has 0 saturated carbocycles. The SMILES string of the molecule is CN1CCC(CCNc2cc(F)c(Br)cc2[N+](=O)[O-])CC1.